The molecule has 0 radical (unpaired) electrons. The van der Waals surface area contributed by atoms with Crippen molar-refractivity contribution in [1.82, 2.24) is 30.4 Å². The van der Waals surface area contributed by atoms with Gasteiger partial charge in [-0.1, -0.05) is 32.0 Å². The number of carbonyl (C=O) groups is 4. The SMILES string of the molecule is COC(=O)N[C@H](C(=O)N1[C@@H](C)CC[C@H]1c1ncc(-c2ccc3c(c2)COc2cc4c5c(ccc4cc2-3)N=C([C@@H]2CC[C@H](C)N2C(=O)[C@H](NC(=O)OC)C2C[C@@H](C)O[C@H](C)C2)C5)[nH]1)C(C)C. The quantitative estimate of drug-likeness (QED) is 0.150. The average Bonchev–Trinajstić information content (AvgIpc) is 4.11. The van der Waals surface area contributed by atoms with Crippen molar-refractivity contribution in [3.8, 4) is 28.1 Å². The third kappa shape index (κ3) is 8.32. The predicted molar refractivity (Wildman–Crippen MR) is 246 cm³/mol. The van der Waals surface area contributed by atoms with Crippen LogP contribution in [0.3, 0.4) is 0 Å². The van der Waals surface area contributed by atoms with Crippen LogP contribution in [-0.2, 0) is 36.8 Å². The van der Waals surface area contributed by atoms with Crippen LogP contribution in [0.2, 0.25) is 0 Å². The van der Waals surface area contributed by atoms with E-state index in [4.69, 9.17) is 28.9 Å². The third-order valence-corrected chi connectivity index (χ3v) is 14.4. The van der Waals surface area contributed by atoms with Gasteiger partial charge in [0.25, 0.3) is 0 Å². The number of likely N-dealkylation sites (tertiary alicyclic amines) is 2. The lowest BCUT2D eigenvalue weighted by molar-refractivity contribution is -0.139. The second-order valence-electron chi connectivity index (χ2n) is 19.1. The van der Waals surface area contributed by atoms with E-state index in [-0.39, 0.29) is 60.0 Å². The van der Waals surface area contributed by atoms with E-state index in [2.05, 4.69) is 65.0 Å². The summed E-state index contributed by atoms with van der Waals surface area (Å²) >= 11 is 0. The Morgan fingerprint density at radius 3 is 2.22 bits per heavy atom. The van der Waals surface area contributed by atoms with Crippen LogP contribution in [0.1, 0.15) is 103 Å². The van der Waals surface area contributed by atoms with Crippen molar-refractivity contribution < 1.29 is 38.1 Å². The maximum atomic E-state index is 14.6. The van der Waals surface area contributed by atoms with Crippen molar-refractivity contribution >= 4 is 46.2 Å². The molecule has 0 spiro atoms. The van der Waals surface area contributed by atoms with Gasteiger partial charge in [0, 0.05) is 29.8 Å². The van der Waals surface area contributed by atoms with Crippen molar-refractivity contribution in [3.05, 3.63) is 65.6 Å². The van der Waals surface area contributed by atoms with Crippen LogP contribution >= 0.6 is 0 Å². The Labute approximate surface area is 380 Å². The molecule has 65 heavy (non-hydrogen) atoms. The van der Waals surface area contributed by atoms with Crippen molar-refractivity contribution in [1.29, 1.82) is 0 Å². The molecule has 4 aromatic rings. The number of nitrogens with one attached hydrogen (secondary N) is 3. The Balaban J connectivity index is 0.934. The van der Waals surface area contributed by atoms with Gasteiger partial charge < -0.3 is 44.4 Å². The summed E-state index contributed by atoms with van der Waals surface area (Å²) in [5.41, 5.74) is 7.99. The summed E-state index contributed by atoms with van der Waals surface area (Å²) in [7, 11) is 2.62. The van der Waals surface area contributed by atoms with E-state index >= 15 is 0 Å². The Morgan fingerprint density at radius 1 is 0.815 bits per heavy atom. The molecule has 8 atom stereocenters. The van der Waals surface area contributed by atoms with Crippen LogP contribution in [0, 0.1) is 11.8 Å². The van der Waals surface area contributed by atoms with Crippen LogP contribution in [0.4, 0.5) is 15.3 Å². The minimum Gasteiger partial charge on any atom is -0.488 e. The van der Waals surface area contributed by atoms with Gasteiger partial charge in [0.15, 0.2) is 0 Å². The van der Waals surface area contributed by atoms with E-state index in [1.54, 1.807) is 0 Å². The van der Waals surface area contributed by atoms with E-state index in [0.717, 1.165) is 87.1 Å². The molecule has 5 aliphatic heterocycles. The first-order valence-electron chi connectivity index (χ1n) is 23.2. The first-order chi connectivity index (χ1) is 31.2. The lowest BCUT2D eigenvalue weighted by Gasteiger charge is -2.39. The molecule has 0 bridgehead atoms. The Morgan fingerprint density at radius 2 is 1.51 bits per heavy atom. The molecular formula is C50H61N7O8. The molecule has 3 fully saturated rings. The summed E-state index contributed by atoms with van der Waals surface area (Å²) in [6.45, 7) is 12.4. The first kappa shape index (κ1) is 44.3. The average molecular weight is 888 g/mol. The lowest BCUT2D eigenvalue weighted by atomic mass is 9.85. The van der Waals surface area contributed by atoms with Crippen LogP contribution in [-0.4, -0.2) is 106 Å². The van der Waals surface area contributed by atoms with Gasteiger partial charge >= 0.3 is 12.2 Å². The van der Waals surface area contributed by atoms with Gasteiger partial charge in [-0.05, 0) is 135 Å². The van der Waals surface area contributed by atoms with E-state index in [1.807, 2.05) is 50.6 Å². The summed E-state index contributed by atoms with van der Waals surface area (Å²) in [5, 5.41) is 7.81. The zero-order chi connectivity index (χ0) is 45.8. The highest BCUT2D eigenvalue weighted by Crippen LogP contribution is 2.45. The maximum Gasteiger partial charge on any atom is 0.407 e. The van der Waals surface area contributed by atoms with E-state index in [0.29, 0.717) is 31.7 Å². The molecule has 0 saturated carbocycles. The molecule has 0 aliphatic carbocycles. The van der Waals surface area contributed by atoms with Crippen LogP contribution in [0.25, 0.3) is 33.2 Å². The summed E-state index contributed by atoms with van der Waals surface area (Å²) in [6.07, 6.45) is 5.72. The zero-order valence-corrected chi connectivity index (χ0v) is 38.6. The molecule has 6 heterocycles. The number of aromatic amines is 1. The monoisotopic (exact) mass is 887 g/mol. The summed E-state index contributed by atoms with van der Waals surface area (Å²) < 4.78 is 22.3. The van der Waals surface area contributed by atoms with Crippen LogP contribution in [0.5, 0.6) is 5.75 Å². The Bertz CT molecular complexity index is 2540. The van der Waals surface area contributed by atoms with Gasteiger partial charge in [0.1, 0.15) is 30.3 Å². The van der Waals surface area contributed by atoms with Gasteiger partial charge in [-0.25, -0.2) is 14.6 Å². The molecule has 3 N–H and O–H groups in total. The van der Waals surface area contributed by atoms with Gasteiger partial charge in [-0.2, -0.15) is 0 Å². The number of carbonyl (C=O) groups excluding carboxylic acids is 4. The number of fused-ring (bicyclic) bond motifs is 6. The van der Waals surface area contributed by atoms with Gasteiger partial charge in [0.05, 0.1) is 56.1 Å². The summed E-state index contributed by atoms with van der Waals surface area (Å²) in [6, 6.07) is 13.0. The minimum absolute atomic E-state index is 0.0124. The molecule has 5 aliphatic rings. The molecule has 3 aromatic carbocycles. The Hall–Kier alpha value is -5.96. The Kier molecular flexibility index (Phi) is 12.1. The molecule has 9 rings (SSSR count). The van der Waals surface area contributed by atoms with Gasteiger partial charge in [-0.3, -0.25) is 14.6 Å². The van der Waals surface area contributed by atoms with Crippen LogP contribution in [0.15, 0.2) is 53.7 Å². The second kappa shape index (κ2) is 17.8. The van der Waals surface area contributed by atoms with E-state index in [9.17, 15) is 19.2 Å². The second-order valence-corrected chi connectivity index (χ2v) is 19.1. The molecule has 1 aromatic heterocycles. The standard InChI is InChI=1S/C50H61N7O8/c1-25(2)44(54-49(60)62-7)47(58)57-27(4)10-16-42(57)46-51-23-40(53-46)31-11-13-34-33(19-31)24-64-43-22-35-30(20-37(34)43)12-14-38-36(35)21-39(52-38)41-15-9-26(3)56(41)48(59)45(55-50(61)63-8)32-17-28(5)65-29(6)18-32/h11-14,19-20,22-23,25-29,32,41-42,44-45H,9-10,15-18,21,24H2,1-8H3,(H,51,53)(H,54,60)(H,55,61)/t26-,27-,28+,29+,41-,42-,44-,45+/m0/s1. The number of nitrogens with zero attached hydrogens (tertiary/aromatic N) is 4. The molecule has 3 saturated heterocycles. The first-order valence-corrected chi connectivity index (χ1v) is 23.2. The summed E-state index contributed by atoms with van der Waals surface area (Å²) in [5.74, 6) is 1.07. The highest BCUT2D eigenvalue weighted by atomic mass is 16.5. The number of benzene rings is 3. The van der Waals surface area contributed by atoms with Crippen molar-refractivity contribution in [2.24, 2.45) is 16.8 Å². The van der Waals surface area contributed by atoms with Gasteiger partial charge in [0.2, 0.25) is 11.8 Å². The highest BCUT2D eigenvalue weighted by Gasteiger charge is 2.46. The fraction of sp³-hybridized carbons (Fsp3) is 0.520. The number of methoxy groups -OCH3 is 2. The predicted octanol–water partition coefficient (Wildman–Crippen LogP) is 8.16. The number of rotatable bonds is 9. The molecule has 15 heteroatoms. The summed E-state index contributed by atoms with van der Waals surface area (Å²) in [4.78, 5) is 70.6. The highest BCUT2D eigenvalue weighted by molar-refractivity contribution is 6.06. The van der Waals surface area contributed by atoms with Gasteiger partial charge in [-0.15, -0.1) is 0 Å². The fourth-order valence-electron chi connectivity index (χ4n) is 11.2. The maximum absolute atomic E-state index is 14.6. The zero-order valence-electron chi connectivity index (χ0n) is 38.6. The normalized spacial score (nSPS) is 25.6. The molecule has 15 nitrogen and oxygen atoms in total. The number of ether oxygens (including phenoxy) is 4. The number of aliphatic imine (C=N–C) groups is 1. The number of imidazole rings is 1. The molecule has 4 amide bonds. The number of alkyl carbamates (subject to hydrolysis) is 2. The van der Waals surface area contributed by atoms with Crippen LogP contribution < -0.4 is 15.4 Å². The van der Waals surface area contributed by atoms with E-state index < -0.39 is 24.3 Å². The number of hydrogen-bond donors (Lipinski definition) is 3. The fourth-order valence-corrected chi connectivity index (χ4v) is 11.2. The number of amides is 4. The number of hydrogen-bond acceptors (Lipinski definition) is 10. The van der Waals surface area contributed by atoms with Crippen molar-refractivity contribution in [2.75, 3.05) is 14.2 Å². The molecule has 344 valence electrons. The number of H-pyrrole nitrogens is 1. The third-order valence-electron chi connectivity index (χ3n) is 14.4. The van der Waals surface area contributed by atoms with Crippen molar-refractivity contribution in [2.45, 2.75) is 142 Å². The topological polar surface area (TPSA) is 177 Å². The molecular weight excluding hydrogens is 827 g/mol. The van der Waals surface area contributed by atoms with Crippen molar-refractivity contribution in [3.63, 3.8) is 0 Å². The largest absolute Gasteiger partial charge is 0.488 e. The number of aromatic nitrogens is 2. The minimum atomic E-state index is -0.727. The smallest absolute Gasteiger partial charge is 0.407 e. The van der Waals surface area contributed by atoms with E-state index in [1.165, 1.54) is 14.2 Å². The lowest BCUT2D eigenvalue weighted by Crippen LogP contribution is -2.57. The molecule has 0 unspecified atom stereocenters.